The predicted molar refractivity (Wildman–Crippen MR) is 178 cm³/mol. The first-order valence-corrected chi connectivity index (χ1v) is 15.1. The average Bonchev–Trinajstić information content (AvgIpc) is 3.65. The second kappa shape index (κ2) is 9.32. The summed E-state index contributed by atoms with van der Waals surface area (Å²) >= 11 is 0. The maximum absolute atomic E-state index is 11.9. The van der Waals surface area contributed by atoms with Gasteiger partial charge in [0.15, 0.2) is 17.1 Å². The van der Waals surface area contributed by atoms with Gasteiger partial charge < -0.3 is 14.3 Å². The molecule has 0 fully saturated rings. The summed E-state index contributed by atoms with van der Waals surface area (Å²) in [5.41, 5.74) is 8.01. The fourth-order valence-electron chi connectivity index (χ4n) is 6.16. The van der Waals surface area contributed by atoms with E-state index in [1.54, 1.807) is 12.4 Å². The maximum Gasteiger partial charge on any atom is 0.229 e. The van der Waals surface area contributed by atoms with E-state index < -0.39 is 0 Å². The number of furan rings is 1. The van der Waals surface area contributed by atoms with Gasteiger partial charge >= 0.3 is 0 Å². The fraction of sp³-hybridized carbons (Fsp3) is 0.216. The van der Waals surface area contributed by atoms with Gasteiger partial charge in [0.05, 0.1) is 39.3 Å². The highest BCUT2D eigenvalue weighted by atomic mass is 16.5. The maximum atomic E-state index is 11.9. The summed E-state index contributed by atoms with van der Waals surface area (Å²) in [6.45, 7) is 12.9. The Morgan fingerprint density at radius 3 is 2.29 bits per heavy atom. The van der Waals surface area contributed by atoms with E-state index in [0.29, 0.717) is 28.7 Å². The summed E-state index contributed by atoms with van der Waals surface area (Å²) in [5, 5.41) is 12.7. The van der Waals surface area contributed by atoms with Crippen LogP contribution in [-0.2, 0) is 10.8 Å². The first-order valence-electron chi connectivity index (χ1n) is 15.1. The molecule has 8 nitrogen and oxygen atoms in total. The van der Waals surface area contributed by atoms with Crippen LogP contribution in [0.5, 0.6) is 17.2 Å². The molecule has 3 aromatic carbocycles. The molecule has 0 aliphatic rings. The average molecular weight is 596 g/mol. The van der Waals surface area contributed by atoms with Crippen LogP contribution in [0.1, 0.15) is 52.7 Å². The molecule has 0 saturated carbocycles. The zero-order valence-corrected chi connectivity index (χ0v) is 26.1. The molecule has 0 atom stereocenters. The SMILES string of the molecule is CC(C)(C)c1cc(Oc2cnc3oc4c(C(C)(C)C)ccnc4c3c2)c(O)c(-n2c3ccccc3n3c4ccccc4nc23)c1. The number of pyridine rings is 2. The normalized spacial score (nSPS) is 12.8. The third kappa shape index (κ3) is 4.16. The third-order valence-corrected chi connectivity index (χ3v) is 8.49. The third-order valence-electron chi connectivity index (χ3n) is 8.49. The lowest BCUT2D eigenvalue weighted by Crippen LogP contribution is -2.12. The second-order valence-corrected chi connectivity index (χ2v) is 13.7. The van der Waals surface area contributed by atoms with Crippen LogP contribution in [0, 0.1) is 0 Å². The summed E-state index contributed by atoms with van der Waals surface area (Å²) in [5.74, 6) is 1.50. The number of rotatable bonds is 3. The number of nitrogens with zero attached hydrogens (tertiary/aromatic N) is 5. The Hall–Kier alpha value is -5.37. The molecule has 8 heteroatoms. The minimum absolute atomic E-state index is 0.00333. The summed E-state index contributed by atoms with van der Waals surface area (Å²) in [4.78, 5) is 14.2. The minimum atomic E-state index is -0.240. The summed E-state index contributed by atoms with van der Waals surface area (Å²) in [6, 6.07) is 24.0. The molecule has 0 bridgehead atoms. The topological polar surface area (TPSA) is 90.6 Å². The summed E-state index contributed by atoms with van der Waals surface area (Å²) in [6.07, 6.45) is 3.42. The van der Waals surface area contributed by atoms with Crippen molar-refractivity contribution in [3.63, 3.8) is 0 Å². The van der Waals surface area contributed by atoms with Crippen LogP contribution in [0.25, 0.3) is 55.7 Å². The highest BCUT2D eigenvalue weighted by Crippen LogP contribution is 2.43. The molecule has 0 unspecified atom stereocenters. The number of aromatic hydroxyl groups is 1. The molecule has 0 aliphatic carbocycles. The molecule has 224 valence electrons. The van der Waals surface area contributed by atoms with Gasteiger partial charge in [0.25, 0.3) is 0 Å². The Morgan fingerprint density at radius 2 is 1.53 bits per heavy atom. The van der Waals surface area contributed by atoms with E-state index in [2.05, 4.69) is 68.0 Å². The van der Waals surface area contributed by atoms with Gasteiger partial charge in [-0.05, 0) is 64.9 Å². The lowest BCUT2D eigenvalue weighted by molar-refractivity contribution is 0.407. The minimum Gasteiger partial charge on any atom is -0.503 e. The van der Waals surface area contributed by atoms with Crippen molar-refractivity contribution < 1.29 is 14.3 Å². The first kappa shape index (κ1) is 27.2. The number of phenols is 1. The summed E-state index contributed by atoms with van der Waals surface area (Å²) in [7, 11) is 0. The molecule has 0 spiro atoms. The van der Waals surface area contributed by atoms with Crippen LogP contribution in [0.15, 0.2) is 89.6 Å². The number of para-hydroxylation sites is 4. The van der Waals surface area contributed by atoms with Gasteiger partial charge in [-0.15, -0.1) is 0 Å². The molecule has 0 amide bonds. The lowest BCUT2D eigenvalue weighted by atomic mass is 9.86. The van der Waals surface area contributed by atoms with Crippen LogP contribution in [0.2, 0.25) is 0 Å². The van der Waals surface area contributed by atoms with Gasteiger partial charge in [0.2, 0.25) is 11.5 Å². The highest BCUT2D eigenvalue weighted by molar-refractivity contribution is 6.02. The molecule has 8 aromatic rings. The molecule has 45 heavy (non-hydrogen) atoms. The number of imidazole rings is 2. The van der Waals surface area contributed by atoms with Crippen molar-refractivity contribution >= 4 is 50.0 Å². The van der Waals surface area contributed by atoms with Gasteiger partial charge in [-0.1, -0.05) is 65.8 Å². The lowest BCUT2D eigenvalue weighted by Gasteiger charge is -2.23. The molecular formula is C37H33N5O3. The fourth-order valence-corrected chi connectivity index (χ4v) is 6.16. The van der Waals surface area contributed by atoms with Crippen molar-refractivity contribution in [1.82, 2.24) is 23.9 Å². The number of ether oxygens (including phenoxy) is 1. The van der Waals surface area contributed by atoms with Crippen molar-refractivity contribution in [3.05, 3.63) is 96.3 Å². The van der Waals surface area contributed by atoms with Crippen LogP contribution in [0.3, 0.4) is 0 Å². The largest absolute Gasteiger partial charge is 0.503 e. The molecule has 5 heterocycles. The first-order chi connectivity index (χ1) is 21.5. The van der Waals surface area contributed by atoms with Crippen LogP contribution in [0.4, 0.5) is 0 Å². The van der Waals surface area contributed by atoms with E-state index in [-0.39, 0.29) is 16.6 Å². The summed E-state index contributed by atoms with van der Waals surface area (Å²) < 4.78 is 16.8. The smallest absolute Gasteiger partial charge is 0.229 e. The van der Waals surface area contributed by atoms with Crippen molar-refractivity contribution in [2.75, 3.05) is 0 Å². The van der Waals surface area contributed by atoms with E-state index in [1.165, 1.54) is 0 Å². The van der Waals surface area contributed by atoms with Gasteiger partial charge in [0, 0.05) is 11.8 Å². The molecule has 0 saturated heterocycles. The molecule has 1 N–H and O–H groups in total. The van der Waals surface area contributed by atoms with Gasteiger partial charge in [-0.3, -0.25) is 14.0 Å². The second-order valence-electron chi connectivity index (χ2n) is 13.7. The zero-order valence-electron chi connectivity index (χ0n) is 26.1. The predicted octanol–water partition coefficient (Wildman–Crippen LogP) is 9.21. The molecule has 5 aromatic heterocycles. The van der Waals surface area contributed by atoms with E-state index in [1.807, 2.05) is 65.2 Å². The number of fused-ring (bicyclic) bond motifs is 8. The van der Waals surface area contributed by atoms with Crippen molar-refractivity contribution in [2.45, 2.75) is 52.4 Å². The molecular weight excluding hydrogens is 562 g/mol. The van der Waals surface area contributed by atoms with Gasteiger partial charge in [-0.25, -0.2) is 9.97 Å². The Labute approximate surface area is 259 Å². The van der Waals surface area contributed by atoms with E-state index in [0.717, 1.165) is 49.7 Å². The van der Waals surface area contributed by atoms with Gasteiger partial charge in [0.1, 0.15) is 11.3 Å². The number of phenolic OH excluding ortho intramolecular Hbond substituents is 1. The zero-order chi connectivity index (χ0) is 31.2. The Kier molecular flexibility index (Phi) is 5.63. The van der Waals surface area contributed by atoms with Crippen LogP contribution < -0.4 is 4.74 Å². The molecule has 8 rings (SSSR count). The Bertz CT molecular complexity index is 2450. The number of hydrogen-bond donors (Lipinski definition) is 1. The monoisotopic (exact) mass is 595 g/mol. The Balaban J connectivity index is 1.34. The van der Waals surface area contributed by atoms with Crippen molar-refractivity contribution in [1.29, 1.82) is 0 Å². The van der Waals surface area contributed by atoms with E-state index in [4.69, 9.17) is 14.1 Å². The highest BCUT2D eigenvalue weighted by Gasteiger charge is 2.26. The van der Waals surface area contributed by atoms with E-state index in [9.17, 15) is 5.11 Å². The van der Waals surface area contributed by atoms with Crippen molar-refractivity contribution in [3.8, 4) is 22.9 Å². The standard InChI is InChI=1S/C37H33N5O3/c1-36(2,3)21-17-29(42-28-14-10-9-13-27(28)41-26-12-8-7-11-25(26)40-35(41)42)32(43)30(18-21)44-22-19-23-31-33(45-34(23)39-20-22)24(15-16-38-31)37(4,5)6/h7-20,43H,1-6H3. The van der Waals surface area contributed by atoms with Gasteiger partial charge in [-0.2, -0.15) is 0 Å². The number of benzene rings is 3. The van der Waals surface area contributed by atoms with E-state index >= 15 is 0 Å². The molecule has 0 radical (unpaired) electrons. The quantitative estimate of drug-likeness (QED) is 0.219. The Morgan fingerprint density at radius 1 is 0.800 bits per heavy atom. The number of hydrogen-bond acceptors (Lipinski definition) is 6. The van der Waals surface area contributed by atoms with Crippen molar-refractivity contribution in [2.24, 2.45) is 0 Å². The van der Waals surface area contributed by atoms with Crippen LogP contribution in [-0.4, -0.2) is 29.0 Å². The van der Waals surface area contributed by atoms with Crippen LogP contribution >= 0.6 is 0 Å². The molecule has 0 aliphatic heterocycles. The number of aromatic nitrogens is 5.